The molecular weight excluding hydrogens is 496 g/mol. The Labute approximate surface area is 228 Å². The van der Waals surface area contributed by atoms with Crippen molar-refractivity contribution in [3.8, 4) is 0 Å². The molecule has 3 aromatic rings. The lowest BCUT2D eigenvalue weighted by molar-refractivity contribution is -0.144. The number of hydrogen-bond donors (Lipinski definition) is 2. The highest BCUT2D eigenvalue weighted by Crippen LogP contribution is 2.57. The van der Waals surface area contributed by atoms with E-state index in [1.54, 1.807) is 29.4 Å². The summed E-state index contributed by atoms with van der Waals surface area (Å²) in [6.07, 6.45) is 5.17. The number of thiazole rings is 1. The monoisotopic (exact) mass is 532 g/mol. The summed E-state index contributed by atoms with van der Waals surface area (Å²) in [6, 6.07) is 13.3. The highest BCUT2D eigenvalue weighted by Gasteiger charge is 2.54. The zero-order chi connectivity index (χ0) is 27.0. The fraction of sp³-hybridized carbons (Fsp3) is 0.467. The number of nitrogens with one attached hydrogen (secondary N) is 1. The zero-order valence-corrected chi connectivity index (χ0v) is 23.2. The van der Waals surface area contributed by atoms with Crippen molar-refractivity contribution in [1.82, 2.24) is 14.9 Å². The van der Waals surface area contributed by atoms with E-state index in [0.29, 0.717) is 17.2 Å². The van der Waals surface area contributed by atoms with Gasteiger partial charge in [0.1, 0.15) is 0 Å². The molecule has 7 nitrogen and oxygen atoms in total. The molecule has 0 aliphatic heterocycles. The molecule has 200 valence electrons. The number of fused-ring (bicyclic) bond motifs is 2. The largest absolute Gasteiger partial charge is 0.392 e. The third kappa shape index (κ3) is 4.99. The summed E-state index contributed by atoms with van der Waals surface area (Å²) in [5.74, 6) is -0.500. The van der Waals surface area contributed by atoms with Crippen LogP contribution in [0, 0.1) is 23.2 Å². The summed E-state index contributed by atoms with van der Waals surface area (Å²) >= 11 is 1.53. The lowest BCUT2D eigenvalue weighted by Crippen LogP contribution is -2.53. The average molecular weight is 533 g/mol. The van der Waals surface area contributed by atoms with Gasteiger partial charge in [-0.15, -0.1) is 11.3 Å². The van der Waals surface area contributed by atoms with E-state index in [0.717, 1.165) is 30.5 Å². The molecule has 6 atom stereocenters. The summed E-state index contributed by atoms with van der Waals surface area (Å²) in [7, 11) is 1.84. The van der Waals surface area contributed by atoms with Gasteiger partial charge < -0.3 is 10.0 Å². The van der Waals surface area contributed by atoms with Crippen LogP contribution in [-0.2, 0) is 17.8 Å². The molecule has 1 saturated carbocycles. The maximum atomic E-state index is 13.4. The number of carbonyl (C=O) groups excluding carboxylic acids is 2. The van der Waals surface area contributed by atoms with Crippen LogP contribution in [0.5, 0.6) is 0 Å². The number of aromatic nitrogens is 2. The number of aliphatic hydroxyl groups excluding tert-OH is 1. The van der Waals surface area contributed by atoms with Gasteiger partial charge in [0.15, 0.2) is 5.13 Å². The number of pyridine rings is 1. The van der Waals surface area contributed by atoms with Crippen LogP contribution in [0.4, 0.5) is 5.13 Å². The molecule has 2 aliphatic carbocycles. The molecule has 2 amide bonds. The van der Waals surface area contributed by atoms with E-state index in [1.807, 2.05) is 44.3 Å². The molecule has 38 heavy (non-hydrogen) atoms. The van der Waals surface area contributed by atoms with Crippen LogP contribution in [0.25, 0.3) is 0 Å². The molecule has 1 fully saturated rings. The van der Waals surface area contributed by atoms with Crippen molar-refractivity contribution in [3.05, 3.63) is 76.6 Å². The van der Waals surface area contributed by atoms with Crippen LogP contribution in [0.1, 0.15) is 66.0 Å². The number of benzene rings is 1. The fourth-order valence-corrected chi connectivity index (χ4v) is 8.00. The summed E-state index contributed by atoms with van der Waals surface area (Å²) in [6.45, 7) is 6.92. The van der Waals surface area contributed by atoms with Crippen LogP contribution in [0.2, 0.25) is 0 Å². The highest BCUT2D eigenvalue weighted by atomic mass is 32.1. The number of hydrogen-bond acceptors (Lipinski definition) is 6. The summed E-state index contributed by atoms with van der Waals surface area (Å²) in [5, 5.41) is 15.3. The molecule has 1 aromatic carbocycles. The van der Waals surface area contributed by atoms with Crippen molar-refractivity contribution < 1.29 is 14.7 Å². The molecule has 0 radical (unpaired) electrons. The molecule has 0 bridgehead atoms. The molecule has 8 heteroatoms. The zero-order valence-electron chi connectivity index (χ0n) is 22.4. The quantitative estimate of drug-likeness (QED) is 0.459. The Kier molecular flexibility index (Phi) is 7.38. The van der Waals surface area contributed by atoms with Crippen molar-refractivity contribution in [3.63, 3.8) is 0 Å². The molecular formula is C30H36N4O3S. The van der Waals surface area contributed by atoms with Crippen LogP contribution < -0.4 is 5.32 Å². The van der Waals surface area contributed by atoms with Gasteiger partial charge in [0.2, 0.25) is 5.91 Å². The molecule has 5 rings (SSSR count). The van der Waals surface area contributed by atoms with Crippen LogP contribution in [0.3, 0.4) is 0 Å². The molecule has 1 unspecified atom stereocenters. The number of carbonyl (C=O) groups is 2. The van der Waals surface area contributed by atoms with E-state index in [1.165, 1.54) is 16.2 Å². The maximum absolute atomic E-state index is 13.4. The fourth-order valence-electron chi connectivity index (χ4n) is 6.74. The van der Waals surface area contributed by atoms with Crippen LogP contribution in [0.15, 0.2) is 54.9 Å². The van der Waals surface area contributed by atoms with Crippen LogP contribution >= 0.6 is 11.3 Å². The van der Waals surface area contributed by atoms with E-state index < -0.39 is 6.10 Å². The van der Waals surface area contributed by atoms with Gasteiger partial charge in [-0.3, -0.25) is 19.9 Å². The van der Waals surface area contributed by atoms with Crippen molar-refractivity contribution in [2.24, 2.45) is 23.2 Å². The smallest absolute Gasteiger partial charge is 0.257 e. The summed E-state index contributed by atoms with van der Waals surface area (Å²) in [5.41, 5.74) is 2.51. The third-order valence-electron chi connectivity index (χ3n) is 8.76. The Balaban J connectivity index is 1.31. The van der Waals surface area contributed by atoms with E-state index in [-0.39, 0.29) is 40.9 Å². The number of amides is 2. The van der Waals surface area contributed by atoms with Crippen molar-refractivity contribution >= 4 is 28.3 Å². The van der Waals surface area contributed by atoms with Gasteiger partial charge in [-0.1, -0.05) is 51.1 Å². The second kappa shape index (κ2) is 10.6. The van der Waals surface area contributed by atoms with Gasteiger partial charge in [-0.05, 0) is 54.2 Å². The third-order valence-corrected chi connectivity index (χ3v) is 9.74. The topological polar surface area (TPSA) is 95.4 Å². The van der Waals surface area contributed by atoms with Crippen molar-refractivity contribution in [2.45, 2.75) is 58.6 Å². The van der Waals surface area contributed by atoms with Crippen molar-refractivity contribution in [2.75, 3.05) is 12.4 Å². The lowest BCUT2D eigenvalue weighted by Gasteiger charge is -2.53. The van der Waals surface area contributed by atoms with Gasteiger partial charge in [-0.2, -0.15) is 0 Å². The number of nitrogens with zero attached hydrogens (tertiary/aromatic N) is 3. The summed E-state index contributed by atoms with van der Waals surface area (Å²) in [4.78, 5) is 37.8. The van der Waals surface area contributed by atoms with E-state index in [2.05, 4.69) is 24.1 Å². The van der Waals surface area contributed by atoms with E-state index in [9.17, 15) is 14.7 Å². The first-order valence-corrected chi connectivity index (χ1v) is 14.2. The number of anilines is 1. The SMILES string of the molecule is C[C@H](C(=O)N(C)Cc1ccccc1)C1CC[C@@]2(C)Cc3sc(NC(=O)c4ccncc4)nc3[C@@H](C)[C@@H]2[C@H]1O. The Bertz CT molecular complexity index is 1300. The minimum absolute atomic E-state index is 0.00530. The predicted octanol–water partition coefficient (Wildman–Crippen LogP) is 5.14. The Morgan fingerprint density at radius 3 is 2.63 bits per heavy atom. The van der Waals surface area contributed by atoms with Gasteiger partial charge in [0, 0.05) is 48.3 Å². The van der Waals surface area contributed by atoms with Gasteiger partial charge in [-0.25, -0.2) is 4.98 Å². The van der Waals surface area contributed by atoms with E-state index >= 15 is 0 Å². The molecule has 2 aliphatic rings. The molecule has 2 aromatic heterocycles. The first-order chi connectivity index (χ1) is 18.2. The minimum Gasteiger partial charge on any atom is -0.392 e. The molecule has 0 saturated heterocycles. The van der Waals surface area contributed by atoms with Crippen molar-refractivity contribution in [1.29, 1.82) is 0 Å². The molecule has 0 spiro atoms. The maximum Gasteiger partial charge on any atom is 0.257 e. The first-order valence-electron chi connectivity index (χ1n) is 13.4. The Hall–Kier alpha value is -3.10. The lowest BCUT2D eigenvalue weighted by atomic mass is 9.53. The molecule has 2 N–H and O–H groups in total. The predicted molar refractivity (Wildman–Crippen MR) is 149 cm³/mol. The average Bonchev–Trinajstić information content (AvgIpc) is 3.30. The normalized spacial score (nSPS) is 27.1. The van der Waals surface area contributed by atoms with Gasteiger partial charge >= 0.3 is 0 Å². The standard InChI is InChI=1S/C30H36N4O3S/c1-18(28(37)34(4)17-20-8-6-5-7-9-20)22-10-13-30(3)16-23-25(19(2)24(30)26(22)35)32-29(38-23)33-27(36)21-11-14-31-15-12-21/h5-9,11-12,14-15,18-19,22,24,26,35H,10,13,16-17H2,1-4H3,(H,32,33,36)/t18-,19-,22?,24+,26-,30-/m0/s1. The summed E-state index contributed by atoms with van der Waals surface area (Å²) < 4.78 is 0. The van der Waals surface area contributed by atoms with E-state index in [4.69, 9.17) is 4.98 Å². The number of aliphatic hydroxyl groups is 1. The van der Waals surface area contributed by atoms with Gasteiger partial charge in [0.05, 0.1) is 11.8 Å². The second-order valence-electron chi connectivity index (χ2n) is 11.3. The highest BCUT2D eigenvalue weighted by molar-refractivity contribution is 7.15. The van der Waals surface area contributed by atoms with Gasteiger partial charge in [0.25, 0.3) is 5.91 Å². The first kappa shape index (κ1) is 26.5. The Morgan fingerprint density at radius 2 is 1.92 bits per heavy atom. The Morgan fingerprint density at radius 1 is 1.21 bits per heavy atom. The second-order valence-corrected chi connectivity index (χ2v) is 12.4. The minimum atomic E-state index is -0.600. The number of rotatable bonds is 6. The molecule has 2 heterocycles. The van der Waals surface area contributed by atoms with Crippen LogP contribution in [-0.4, -0.2) is 44.9 Å².